The van der Waals surface area contributed by atoms with Gasteiger partial charge in [0.25, 0.3) is 0 Å². The summed E-state index contributed by atoms with van der Waals surface area (Å²) in [5.41, 5.74) is -0.717. The van der Waals surface area contributed by atoms with Gasteiger partial charge in [-0.3, -0.25) is 4.79 Å². The Labute approximate surface area is 100 Å². The summed E-state index contributed by atoms with van der Waals surface area (Å²) in [4.78, 5) is 22.6. The summed E-state index contributed by atoms with van der Waals surface area (Å²) in [6.07, 6.45) is 8.05. The van der Waals surface area contributed by atoms with Crippen molar-refractivity contribution in [1.82, 2.24) is 10.6 Å². The highest BCUT2D eigenvalue weighted by Crippen LogP contribution is 2.40. The van der Waals surface area contributed by atoms with Crippen molar-refractivity contribution in [3.63, 3.8) is 0 Å². The Hall–Kier alpha value is -1.52. The fourth-order valence-corrected chi connectivity index (χ4v) is 2.29. The van der Waals surface area contributed by atoms with Crippen LogP contribution in [0.1, 0.15) is 32.1 Å². The molecule has 0 spiro atoms. The molecule has 0 heterocycles. The zero-order valence-electron chi connectivity index (χ0n) is 9.74. The van der Waals surface area contributed by atoms with E-state index in [2.05, 4.69) is 10.6 Å². The Bertz CT molecular complexity index is 340. The van der Waals surface area contributed by atoms with E-state index in [0.29, 0.717) is 12.8 Å². The summed E-state index contributed by atoms with van der Waals surface area (Å²) >= 11 is 0. The first-order valence-electron chi connectivity index (χ1n) is 6.05. The van der Waals surface area contributed by atoms with Gasteiger partial charge < -0.3 is 15.7 Å². The van der Waals surface area contributed by atoms with Crippen LogP contribution in [0, 0.1) is 5.41 Å². The average molecular weight is 238 g/mol. The molecular formula is C12H18N2O3. The number of amides is 2. The molecule has 0 aromatic rings. The quantitative estimate of drug-likeness (QED) is 0.645. The third-order valence-corrected chi connectivity index (χ3v) is 3.69. The Morgan fingerprint density at radius 2 is 1.94 bits per heavy atom. The molecule has 0 atom stereocenters. The van der Waals surface area contributed by atoms with E-state index in [-0.39, 0.29) is 18.6 Å². The topological polar surface area (TPSA) is 78.4 Å². The Kier molecular flexibility index (Phi) is 3.36. The summed E-state index contributed by atoms with van der Waals surface area (Å²) in [6.45, 7) is 0.230. The van der Waals surface area contributed by atoms with Crippen LogP contribution >= 0.6 is 0 Å². The number of rotatable bonds is 4. The maximum Gasteiger partial charge on any atom is 0.315 e. The summed E-state index contributed by atoms with van der Waals surface area (Å²) in [5, 5.41) is 14.6. The van der Waals surface area contributed by atoms with Gasteiger partial charge >= 0.3 is 12.0 Å². The highest BCUT2D eigenvalue weighted by Gasteiger charge is 2.44. The van der Waals surface area contributed by atoms with Gasteiger partial charge in [-0.2, -0.15) is 0 Å². The molecule has 2 rings (SSSR count). The molecule has 0 bridgehead atoms. The molecule has 0 radical (unpaired) electrons. The van der Waals surface area contributed by atoms with Crippen molar-refractivity contribution < 1.29 is 14.7 Å². The maximum absolute atomic E-state index is 11.6. The minimum absolute atomic E-state index is 0.164. The lowest BCUT2D eigenvalue weighted by Gasteiger charge is -2.37. The van der Waals surface area contributed by atoms with E-state index < -0.39 is 11.4 Å². The molecule has 94 valence electrons. The molecule has 3 N–H and O–H groups in total. The number of hydrogen-bond donors (Lipinski definition) is 3. The molecule has 0 aliphatic heterocycles. The predicted octanol–water partition coefficient (Wildman–Crippen LogP) is 1.26. The van der Waals surface area contributed by atoms with Crippen LogP contribution in [-0.4, -0.2) is 29.7 Å². The number of urea groups is 1. The second-order valence-corrected chi connectivity index (χ2v) is 4.91. The van der Waals surface area contributed by atoms with E-state index in [1.54, 1.807) is 0 Å². The number of nitrogens with one attached hydrogen (secondary N) is 2. The molecule has 0 unspecified atom stereocenters. The van der Waals surface area contributed by atoms with Crippen LogP contribution in [0.5, 0.6) is 0 Å². The fraction of sp³-hybridized carbons (Fsp3) is 0.667. The molecule has 2 aliphatic carbocycles. The third-order valence-electron chi connectivity index (χ3n) is 3.69. The van der Waals surface area contributed by atoms with E-state index >= 15 is 0 Å². The second-order valence-electron chi connectivity index (χ2n) is 4.91. The first-order chi connectivity index (χ1) is 8.12. The number of hydrogen-bond acceptors (Lipinski definition) is 2. The van der Waals surface area contributed by atoms with Gasteiger partial charge in [0, 0.05) is 12.6 Å². The fourth-order valence-electron chi connectivity index (χ4n) is 2.29. The van der Waals surface area contributed by atoms with Crippen LogP contribution < -0.4 is 10.6 Å². The molecule has 2 aliphatic rings. The number of carboxylic acids is 1. The van der Waals surface area contributed by atoms with Crippen molar-refractivity contribution >= 4 is 12.0 Å². The van der Waals surface area contributed by atoms with E-state index in [1.807, 2.05) is 12.2 Å². The van der Waals surface area contributed by atoms with Gasteiger partial charge in [0.05, 0.1) is 5.41 Å². The average Bonchev–Trinajstić information content (AvgIpc) is 2.68. The lowest BCUT2D eigenvalue weighted by Crippen LogP contribution is -2.51. The van der Waals surface area contributed by atoms with Crippen molar-refractivity contribution in [3.8, 4) is 0 Å². The van der Waals surface area contributed by atoms with Crippen LogP contribution in [0.2, 0.25) is 0 Å². The molecule has 1 saturated carbocycles. The van der Waals surface area contributed by atoms with Crippen molar-refractivity contribution in [2.45, 2.75) is 38.1 Å². The Morgan fingerprint density at radius 3 is 2.41 bits per heavy atom. The van der Waals surface area contributed by atoms with Crippen molar-refractivity contribution in [2.24, 2.45) is 5.41 Å². The largest absolute Gasteiger partial charge is 0.481 e. The number of carbonyl (C=O) groups is 2. The summed E-state index contributed by atoms with van der Waals surface area (Å²) in [7, 11) is 0. The van der Waals surface area contributed by atoms with Crippen LogP contribution in [-0.2, 0) is 4.79 Å². The van der Waals surface area contributed by atoms with Gasteiger partial charge in [-0.25, -0.2) is 4.79 Å². The molecular weight excluding hydrogens is 220 g/mol. The van der Waals surface area contributed by atoms with Crippen LogP contribution in [0.3, 0.4) is 0 Å². The van der Waals surface area contributed by atoms with Crippen molar-refractivity contribution in [2.75, 3.05) is 6.54 Å². The smallest absolute Gasteiger partial charge is 0.315 e. The highest BCUT2D eigenvalue weighted by atomic mass is 16.4. The molecule has 0 aromatic heterocycles. The molecule has 5 nitrogen and oxygen atoms in total. The standard InChI is InChI=1S/C12H18N2O3/c15-10(16)12(6-3-7-12)8-13-11(17)14-9-4-1-2-5-9/h1-2,9H,3-8H2,(H,15,16)(H2,13,14,17). The van der Waals surface area contributed by atoms with Crippen LogP contribution in [0.15, 0.2) is 12.2 Å². The van der Waals surface area contributed by atoms with Gasteiger partial charge in [0.2, 0.25) is 0 Å². The molecule has 1 fully saturated rings. The number of aliphatic carboxylic acids is 1. The predicted molar refractivity (Wildman–Crippen MR) is 62.6 cm³/mol. The van der Waals surface area contributed by atoms with Crippen molar-refractivity contribution in [1.29, 1.82) is 0 Å². The maximum atomic E-state index is 11.6. The van der Waals surface area contributed by atoms with Crippen LogP contribution in [0.4, 0.5) is 4.79 Å². The van der Waals surface area contributed by atoms with Gasteiger partial charge in [0.15, 0.2) is 0 Å². The van der Waals surface area contributed by atoms with Crippen LogP contribution in [0.25, 0.3) is 0 Å². The summed E-state index contributed by atoms with van der Waals surface area (Å²) in [6, 6.07) is -0.0941. The summed E-state index contributed by atoms with van der Waals surface area (Å²) < 4.78 is 0. The van der Waals surface area contributed by atoms with E-state index in [0.717, 1.165) is 19.3 Å². The third kappa shape index (κ3) is 2.60. The minimum atomic E-state index is -0.799. The normalized spacial score (nSPS) is 21.9. The van der Waals surface area contributed by atoms with E-state index in [4.69, 9.17) is 5.11 Å². The zero-order chi connectivity index (χ0) is 12.3. The van der Waals surface area contributed by atoms with Gasteiger partial charge in [-0.15, -0.1) is 0 Å². The molecule has 0 aromatic carbocycles. The van der Waals surface area contributed by atoms with Crippen molar-refractivity contribution in [3.05, 3.63) is 12.2 Å². The first kappa shape index (κ1) is 12.0. The zero-order valence-corrected chi connectivity index (χ0v) is 9.74. The second kappa shape index (κ2) is 4.77. The molecule has 17 heavy (non-hydrogen) atoms. The molecule has 2 amide bonds. The first-order valence-corrected chi connectivity index (χ1v) is 6.05. The number of carboxylic acid groups (broad SMARTS) is 1. The van der Waals surface area contributed by atoms with Gasteiger partial charge in [-0.1, -0.05) is 18.6 Å². The molecule has 5 heteroatoms. The lowest BCUT2D eigenvalue weighted by atomic mass is 9.69. The van der Waals surface area contributed by atoms with Gasteiger partial charge in [0.1, 0.15) is 0 Å². The number of carbonyl (C=O) groups excluding carboxylic acids is 1. The minimum Gasteiger partial charge on any atom is -0.481 e. The SMILES string of the molecule is O=C(NCC1(C(=O)O)CCC1)NC1CC=CC1. The summed E-state index contributed by atoms with van der Waals surface area (Å²) in [5.74, 6) is -0.799. The van der Waals surface area contributed by atoms with E-state index in [9.17, 15) is 9.59 Å². The Balaban J connectivity index is 1.73. The van der Waals surface area contributed by atoms with Gasteiger partial charge in [-0.05, 0) is 25.7 Å². The Morgan fingerprint density at radius 1 is 1.29 bits per heavy atom. The highest BCUT2D eigenvalue weighted by molar-refractivity contribution is 5.79. The monoisotopic (exact) mass is 238 g/mol. The lowest BCUT2D eigenvalue weighted by molar-refractivity contribution is -0.153. The van der Waals surface area contributed by atoms with E-state index in [1.165, 1.54) is 0 Å². The molecule has 0 saturated heterocycles.